The van der Waals surface area contributed by atoms with Gasteiger partial charge in [0.2, 0.25) is 5.92 Å². The number of amides is 1. The highest BCUT2D eigenvalue weighted by molar-refractivity contribution is 6.01. The van der Waals surface area contributed by atoms with E-state index < -0.39 is 17.4 Å². The number of carboxylic acid groups (broad SMARTS) is 1. The van der Waals surface area contributed by atoms with Crippen LogP contribution in [-0.4, -0.2) is 42.0 Å². The molecular weight excluding hydrogens is 614 g/mol. The van der Waals surface area contributed by atoms with Gasteiger partial charge in [0.15, 0.2) is 0 Å². The normalized spacial score (nSPS) is 17.8. The molecule has 7 rings (SSSR count). The highest BCUT2D eigenvalue weighted by Crippen LogP contribution is 2.47. The minimum Gasteiger partial charge on any atom is -0.478 e. The Morgan fingerprint density at radius 3 is 2.40 bits per heavy atom. The van der Waals surface area contributed by atoms with Gasteiger partial charge in [-0.1, -0.05) is 18.2 Å². The van der Waals surface area contributed by atoms with E-state index in [4.69, 9.17) is 10.7 Å². The summed E-state index contributed by atoms with van der Waals surface area (Å²) in [6, 6.07) is 16.6. The number of anilines is 1. The molecule has 2 aliphatic carbocycles. The largest absolute Gasteiger partial charge is 0.478 e. The quantitative estimate of drug-likeness (QED) is 0.158. The van der Waals surface area contributed by atoms with Crippen LogP contribution in [0.3, 0.4) is 0 Å². The molecule has 2 aromatic carbocycles. The second kappa shape index (κ2) is 11.6. The molecule has 2 fully saturated rings. The smallest absolute Gasteiger partial charge is 0.331 e. The first kappa shape index (κ1) is 31.5. The summed E-state index contributed by atoms with van der Waals surface area (Å²) in [6.07, 6.45) is 4.42. The number of carbonyl (C=O) groups excluding carboxylic acids is 1. The van der Waals surface area contributed by atoms with Gasteiger partial charge in [-0.15, -0.1) is 0 Å². The zero-order valence-corrected chi connectivity index (χ0v) is 27.2. The van der Waals surface area contributed by atoms with E-state index in [1.807, 2.05) is 65.7 Å². The first-order valence-electron chi connectivity index (χ1n) is 16.3. The number of carboxylic acids is 1. The van der Waals surface area contributed by atoms with Gasteiger partial charge in [-0.2, -0.15) is 0 Å². The number of fused-ring (bicyclic) bond motifs is 2. The molecule has 0 atom stereocenters. The summed E-state index contributed by atoms with van der Waals surface area (Å²) in [5, 5.41) is 13.5. The maximum absolute atomic E-state index is 14.2. The van der Waals surface area contributed by atoms with Gasteiger partial charge >= 0.3 is 5.97 Å². The number of alkyl halides is 2. The lowest BCUT2D eigenvalue weighted by Gasteiger charge is -2.41. The highest BCUT2D eigenvalue weighted by atomic mass is 19.3. The third-order valence-corrected chi connectivity index (χ3v) is 10.3. The van der Waals surface area contributed by atoms with Crippen molar-refractivity contribution in [3.8, 4) is 11.4 Å². The van der Waals surface area contributed by atoms with E-state index in [-0.39, 0.29) is 30.2 Å². The molecule has 3 heterocycles. The number of aromatic nitrogens is 4. The average molecular weight is 653 g/mol. The summed E-state index contributed by atoms with van der Waals surface area (Å²) in [6.45, 7) is 1.56. The van der Waals surface area contributed by atoms with Crippen LogP contribution >= 0.6 is 0 Å². The molecule has 0 radical (unpaired) electrons. The maximum Gasteiger partial charge on any atom is 0.331 e. The van der Waals surface area contributed by atoms with Gasteiger partial charge in [-0.3, -0.25) is 4.79 Å². The van der Waals surface area contributed by atoms with E-state index in [0.717, 1.165) is 63.8 Å². The average Bonchev–Trinajstić information content (AvgIpc) is 3.52. The van der Waals surface area contributed by atoms with E-state index in [9.17, 15) is 23.5 Å². The van der Waals surface area contributed by atoms with Crippen LogP contribution in [0, 0.1) is 0 Å². The Hall–Kier alpha value is -5.06. The molecule has 0 spiro atoms. The Bertz CT molecular complexity index is 2130. The SMILES string of the molecule is C/C(=C\c1ccc2nc(C3(NC(=O)c4ccc5c(C6CCC(F)(F)CC6)c(-c6cccc(N)n6)n(C)c5c4)CCC3)n(C)c2c1)C(=O)O. The molecule has 5 aromatic rings. The van der Waals surface area contributed by atoms with Crippen molar-refractivity contribution < 1.29 is 23.5 Å². The zero-order chi connectivity index (χ0) is 34.0. The molecule has 1 amide bonds. The standard InChI is InChI=1S/C37H38F2N6O3/c1-21(34(47)48)18-22-8-11-26-29(19-22)45(3)35(42-26)36(14-5-15-36)43-33(46)24-9-10-25-28(20-24)44(2)32(27-6-4-7-30(40)41-27)31(25)23-12-16-37(38,39)17-13-23/h4,6-11,18-20,23H,5,12-17H2,1-3H3,(H2,40,41)(H,43,46)(H,47,48)/b21-18+. The van der Waals surface area contributed by atoms with Crippen LogP contribution in [0.5, 0.6) is 0 Å². The number of imidazole rings is 1. The summed E-state index contributed by atoms with van der Waals surface area (Å²) in [5.74, 6) is -2.82. The number of hydrogen-bond donors (Lipinski definition) is 3. The van der Waals surface area contributed by atoms with Crippen LogP contribution in [-0.2, 0) is 24.4 Å². The number of aryl methyl sites for hydroxylation is 2. The monoisotopic (exact) mass is 652 g/mol. The van der Waals surface area contributed by atoms with Gasteiger partial charge in [0.25, 0.3) is 5.91 Å². The lowest BCUT2D eigenvalue weighted by Crippen LogP contribution is -2.52. The fourth-order valence-electron chi connectivity index (χ4n) is 7.50. The van der Waals surface area contributed by atoms with Crippen molar-refractivity contribution >= 4 is 45.7 Å². The van der Waals surface area contributed by atoms with Crippen molar-refractivity contribution in [2.45, 2.75) is 69.2 Å². The molecule has 0 unspecified atom stereocenters. The van der Waals surface area contributed by atoms with E-state index in [1.165, 1.54) is 0 Å². The van der Waals surface area contributed by atoms with Gasteiger partial charge in [0.1, 0.15) is 11.6 Å². The summed E-state index contributed by atoms with van der Waals surface area (Å²) < 4.78 is 32.4. The van der Waals surface area contributed by atoms with E-state index in [1.54, 1.807) is 25.1 Å². The molecule has 48 heavy (non-hydrogen) atoms. The summed E-state index contributed by atoms with van der Waals surface area (Å²) in [4.78, 5) is 34.9. The molecule has 248 valence electrons. The molecule has 2 aliphatic rings. The van der Waals surface area contributed by atoms with Crippen molar-refractivity contribution in [1.29, 1.82) is 0 Å². The van der Waals surface area contributed by atoms with E-state index >= 15 is 0 Å². The molecule has 0 aliphatic heterocycles. The first-order chi connectivity index (χ1) is 22.9. The number of nitrogens with one attached hydrogen (secondary N) is 1. The Morgan fingerprint density at radius 1 is 0.979 bits per heavy atom. The number of aliphatic carboxylic acids is 1. The predicted octanol–water partition coefficient (Wildman–Crippen LogP) is 7.30. The van der Waals surface area contributed by atoms with Gasteiger partial charge in [0.05, 0.1) is 28.0 Å². The van der Waals surface area contributed by atoms with Crippen LogP contribution in [0.2, 0.25) is 0 Å². The molecule has 4 N–H and O–H groups in total. The number of nitrogens with zero attached hydrogens (tertiary/aromatic N) is 4. The Morgan fingerprint density at radius 2 is 1.73 bits per heavy atom. The van der Waals surface area contributed by atoms with E-state index in [2.05, 4.69) is 10.3 Å². The molecule has 0 bridgehead atoms. The number of halogens is 2. The summed E-state index contributed by atoms with van der Waals surface area (Å²) in [7, 11) is 3.83. The molecule has 11 heteroatoms. The Labute approximate surface area is 276 Å². The summed E-state index contributed by atoms with van der Waals surface area (Å²) in [5.41, 5.74) is 11.8. The second-order valence-electron chi connectivity index (χ2n) is 13.4. The number of nitrogen functional groups attached to an aromatic ring is 1. The number of carbonyl (C=O) groups is 2. The van der Waals surface area contributed by atoms with Crippen LogP contribution in [0.4, 0.5) is 14.6 Å². The van der Waals surface area contributed by atoms with E-state index in [0.29, 0.717) is 29.9 Å². The number of benzene rings is 2. The van der Waals surface area contributed by atoms with Crippen molar-refractivity contribution in [3.05, 3.63) is 82.7 Å². The van der Waals surface area contributed by atoms with Crippen molar-refractivity contribution in [3.63, 3.8) is 0 Å². The minimum absolute atomic E-state index is 0.0777. The zero-order valence-electron chi connectivity index (χ0n) is 27.2. The number of pyridine rings is 1. The minimum atomic E-state index is -2.66. The van der Waals surface area contributed by atoms with Crippen LogP contribution < -0.4 is 11.1 Å². The van der Waals surface area contributed by atoms with Gasteiger partial charge in [0, 0.05) is 49.0 Å². The maximum atomic E-state index is 14.2. The highest BCUT2D eigenvalue weighted by Gasteiger charge is 2.44. The fourth-order valence-corrected chi connectivity index (χ4v) is 7.50. The van der Waals surface area contributed by atoms with Crippen molar-refractivity contribution in [2.24, 2.45) is 14.1 Å². The number of rotatable bonds is 7. The molecule has 9 nitrogen and oxygen atoms in total. The van der Waals surface area contributed by atoms with Crippen LogP contribution in [0.25, 0.3) is 39.4 Å². The summed E-state index contributed by atoms with van der Waals surface area (Å²) >= 11 is 0. The lowest BCUT2D eigenvalue weighted by atomic mass is 9.75. The first-order valence-corrected chi connectivity index (χ1v) is 16.3. The van der Waals surface area contributed by atoms with Gasteiger partial charge in [-0.05, 0) is 98.5 Å². The molecule has 3 aromatic heterocycles. The Balaban J connectivity index is 1.25. The third kappa shape index (κ3) is 5.40. The Kier molecular flexibility index (Phi) is 7.60. The van der Waals surface area contributed by atoms with Crippen molar-refractivity contribution in [1.82, 2.24) is 24.4 Å². The van der Waals surface area contributed by atoms with Crippen molar-refractivity contribution in [2.75, 3.05) is 5.73 Å². The number of hydrogen-bond acceptors (Lipinski definition) is 5. The topological polar surface area (TPSA) is 128 Å². The van der Waals surface area contributed by atoms with Crippen LogP contribution in [0.1, 0.15) is 85.1 Å². The second-order valence-corrected chi connectivity index (χ2v) is 13.4. The molecule has 2 saturated carbocycles. The van der Waals surface area contributed by atoms with Gasteiger partial charge < -0.3 is 25.3 Å². The number of nitrogens with two attached hydrogens (primary N) is 1. The third-order valence-electron chi connectivity index (χ3n) is 10.3. The predicted molar refractivity (Wildman–Crippen MR) is 182 cm³/mol. The van der Waals surface area contributed by atoms with Gasteiger partial charge in [-0.25, -0.2) is 23.5 Å². The fraction of sp³-hybridized carbons (Fsp3) is 0.351. The van der Waals surface area contributed by atoms with Crippen LogP contribution in [0.15, 0.2) is 60.2 Å². The lowest BCUT2D eigenvalue weighted by molar-refractivity contribution is -0.132. The molecule has 0 saturated heterocycles. The molecular formula is C37H38F2N6O3.